The van der Waals surface area contributed by atoms with Crippen LogP contribution in [-0.4, -0.2) is 30.5 Å². The first kappa shape index (κ1) is 23.2. The summed E-state index contributed by atoms with van der Waals surface area (Å²) < 4.78 is 39.1. The molecule has 3 rings (SSSR count). The molecule has 1 aliphatic heterocycles. The number of aliphatic hydroxyl groups is 1. The number of benzene rings is 2. The van der Waals surface area contributed by atoms with Crippen LogP contribution in [0.2, 0.25) is 0 Å². The van der Waals surface area contributed by atoms with Crippen molar-refractivity contribution in [1.29, 1.82) is 0 Å². The van der Waals surface area contributed by atoms with E-state index >= 15 is 0 Å². The van der Waals surface area contributed by atoms with Crippen molar-refractivity contribution in [3.05, 3.63) is 64.9 Å². The van der Waals surface area contributed by atoms with Crippen LogP contribution in [0.25, 0.3) is 0 Å². The molecular weight excluding hydrogens is 420 g/mol. The standard InChI is InChI=1S/C24H25F2NO5/c1-5-32-20-11-14(6-9-19(20)31-4)22-21(18(28)10-13(2)3)23(29)24(30)27(22)17-8-7-15(25)12-16(17)26/h6-9,11-13,22,29H,5,10H2,1-4H3. The largest absolute Gasteiger partial charge is 0.503 e. The third-order valence-corrected chi connectivity index (χ3v) is 5.07. The predicted molar refractivity (Wildman–Crippen MR) is 115 cm³/mol. The Bertz CT molecular complexity index is 1080. The van der Waals surface area contributed by atoms with Gasteiger partial charge in [-0.15, -0.1) is 0 Å². The number of anilines is 1. The molecule has 0 bridgehead atoms. The van der Waals surface area contributed by atoms with E-state index in [0.717, 1.165) is 17.0 Å². The van der Waals surface area contributed by atoms with Crippen molar-refractivity contribution < 1.29 is 33.0 Å². The van der Waals surface area contributed by atoms with Gasteiger partial charge < -0.3 is 14.6 Å². The Morgan fingerprint density at radius 2 is 1.88 bits per heavy atom. The summed E-state index contributed by atoms with van der Waals surface area (Å²) in [5, 5.41) is 10.6. The average Bonchev–Trinajstić information content (AvgIpc) is 2.99. The minimum atomic E-state index is -1.13. The smallest absolute Gasteiger partial charge is 0.294 e. The highest BCUT2D eigenvalue weighted by molar-refractivity contribution is 6.16. The third-order valence-electron chi connectivity index (χ3n) is 5.07. The van der Waals surface area contributed by atoms with E-state index in [4.69, 9.17) is 9.47 Å². The number of amides is 1. The van der Waals surface area contributed by atoms with Crippen LogP contribution in [0.4, 0.5) is 14.5 Å². The minimum Gasteiger partial charge on any atom is -0.503 e. The number of methoxy groups -OCH3 is 1. The molecule has 1 aliphatic rings. The number of hydrogen-bond acceptors (Lipinski definition) is 5. The van der Waals surface area contributed by atoms with E-state index in [0.29, 0.717) is 29.7 Å². The molecule has 0 spiro atoms. The van der Waals surface area contributed by atoms with Gasteiger partial charge >= 0.3 is 0 Å². The van der Waals surface area contributed by atoms with Crippen molar-refractivity contribution in [1.82, 2.24) is 0 Å². The molecule has 2 aromatic rings. The number of ether oxygens (including phenoxy) is 2. The number of carbonyl (C=O) groups is 2. The molecule has 0 saturated heterocycles. The van der Waals surface area contributed by atoms with Gasteiger partial charge in [-0.05, 0) is 42.7 Å². The van der Waals surface area contributed by atoms with E-state index in [1.165, 1.54) is 7.11 Å². The molecule has 32 heavy (non-hydrogen) atoms. The van der Waals surface area contributed by atoms with Gasteiger partial charge in [-0.25, -0.2) is 8.78 Å². The van der Waals surface area contributed by atoms with Crippen molar-refractivity contribution >= 4 is 17.4 Å². The summed E-state index contributed by atoms with van der Waals surface area (Å²) in [6.07, 6.45) is 0.0807. The van der Waals surface area contributed by atoms with Crippen molar-refractivity contribution in [2.45, 2.75) is 33.2 Å². The number of ketones is 1. The molecule has 2 aromatic carbocycles. The Hall–Kier alpha value is -3.42. The van der Waals surface area contributed by atoms with Gasteiger partial charge in [0.2, 0.25) is 0 Å². The maximum Gasteiger partial charge on any atom is 0.294 e. The van der Waals surface area contributed by atoms with Crippen LogP contribution < -0.4 is 14.4 Å². The maximum atomic E-state index is 14.7. The quantitative estimate of drug-likeness (QED) is 0.626. The average molecular weight is 445 g/mol. The highest BCUT2D eigenvalue weighted by Gasteiger charge is 2.45. The normalized spacial score (nSPS) is 16.2. The molecule has 0 aliphatic carbocycles. The highest BCUT2D eigenvalue weighted by atomic mass is 19.1. The second-order valence-electron chi connectivity index (χ2n) is 7.80. The zero-order chi connectivity index (χ0) is 23.6. The van der Waals surface area contributed by atoms with Crippen LogP contribution in [0, 0.1) is 17.6 Å². The van der Waals surface area contributed by atoms with Crippen LogP contribution in [0.1, 0.15) is 38.8 Å². The molecule has 0 radical (unpaired) electrons. The Balaban J connectivity index is 2.21. The molecule has 0 fully saturated rings. The molecule has 170 valence electrons. The van der Waals surface area contributed by atoms with Gasteiger partial charge in [0.1, 0.15) is 11.6 Å². The lowest BCUT2D eigenvalue weighted by Crippen LogP contribution is -2.32. The molecule has 1 N–H and O–H groups in total. The number of nitrogens with zero attached hydrogens (tertiary/aromatic N) is 1. The molecule has 6 nitrogen and oxygen atoms in total. The first-order chi connectivity index (χ1) is 15.2. The summed E-state index contributed by atoms with van der Waals surface area (Å²) in [6, 6.07) is 6.41. The summed E-state index contributed by atoms with van der Waals surface area (Å²) in [4.78, 5) is 27.0. The zero-order valence-electron chi connectivity index (χ0n) is 18.3. The second kappa shape index (κ2) is 9.38. The summed E-state index contributed by atoms with van der Waals surface area (Å²) >= 11 is 0. The molecule has 0 saturated carbocycles. The Morgan fingerprint density at radius 3 is 2.47 bits per heavy atom. The van der Waals surface area contributed by atoms with Crippen molar-refractivity contribution in [3.63, 3.8) is 0 Å². The van der Waals surface area contributed by atoms with E-state index in [9.17, 15) is 23.5 Å². The fourth-order valence-electron chi connectivity index (χ4n) is 3.74. The third kappa shape index (κ3) is 4.30. The topological polar surface area (TPSA) is 76.1 Å². The van der Waals surface area contributed by atoms with Crippen LogP contribution in [0.3, 0.4) is 0 Å². The van der Waals surface area contributed by atoms with E-state index in [-0.39, 0.29) is 23.6 Å². The monoisotopic (exact) mass is 445 g/mol. The number of aliphatic hydroxyl groups excluding tert-OH is 1. The summed E-state index contributed by atoms with van der Waals surface area (Å²) in [6.45, 7) is 5.78. The zero-order valence-corrected chi connectivity index (χ0v) is 18.3. The SMILES string of the molecule is CCOc1cc(C2C(C(=O)CC(C)C)=C(O)C(=O)N2c2ccc(F)cc2F)ccc1OC. The fourth-order valence-corrected chi connectivity index (χ4v) is 3.74. The van der Waals surface area contributed by atoms with Crippen LogP contribution >= 0.6 is 0 Å². The van der Waals surface area contributed by atoms with Gasteiger partial charge in [0, 0.05) is 12.5 Å². The lowest BCUT2D eigenvalue weighted by molar-refractivity contribution is -0.118. The molecule has 1 amide bonds. The molecule has 8 heteroatoms. The number of rotatable bonds is 8. The van der Waals surface area contributed by atoms with Crippen molar-refractivity contribution in [2.24, 2.45) is 5.92 Å². The van der Waals surface area contributed by atoms with Crippen molar-refractivity contribution in [2.75, 3.05) is 18.6 Å². The number of hydrogen-bond donors (Lipinski definition) is 1. The van der Waals surface area contributed by atoms with Crippen LogP contribution in [0.15, 0.2) is 47.7 Å². The van der Waals surface area contributed by atoms with Gasteiger partial charge in [-0.1, -0.05) is 19.9 Å². The fraction of sp³-hybridized carbons (Fsp3) is 0.333. The van der Waals surface area contributed by atoms with Crippen LogP contribution in [0.5, 0.6) is 11.5 Å². The van der Waals surface area contributed by atoms with Gasteiger partial charge in [-0.3, -0.25) is 14.5 Å². The Morgan fingerprint density at radius 1 is 1.16 bits per heavy atom. The lowest BCUT2D eigenvalue weighted by Gasteiger charge is -2.28. The summed E-state index contributed by atoms with van der Waals surface area (Å²) in [5.41, 5.74) is 0.0107. The maximum absolute atomic E-state index is 14.7. The Kier molecular flexibility index (Phi) is 6.81. The number of Topliss-reactive ketones (excluding diaryl/α,β-unsaturated/α-hetero) is 1. The lowest BCUT2D eigenvalue weighted by atomic mass is 9.91. The molecule has 1 atom stereocenters. The van der Waals surface area contributed by atoms with Crippen molar-refractivity contribution in [3.8, 4) is 11.5 Å². The molecule has 1 unspecified atom stereocenters. The van der Waals surface area contributed by atoms with Gasteiger partial charge in [0.05, 0.1) is 31.0 Å². The van der Waals surface area contributed by atoms with E-state index in [2.05, 4.69) is 0 Å². The highest BCUT2D eigenvalue weighted by Crippen LogP contribution is 2.44. The number of carbonyl (C=O) groups excluding carboxylic acids is 2. The van der Waals surface area contributed by atoms with E-state index in [1.54, 1.807) is 25.1 Å². The molecular formula is C24H25F2NO5. The summed E-state index contributed by atoms with van der Waals surface area (Å²) in [5.74, 6) is -3.18. The molecule has 1 heterocycles. The predicted octanol–water partition coefficient (Wildman–Crippen LogP) is 4.89. The molecule has 0 aromatic heterocycles. The van der Waals surface area contributed by atoms with Gasteiger partial charge in [-0.2, -0.15) is 0 Å². The summed E-state index contributed by atoms with van der Waals surface area (Å²) in [7, 11) is 1.47. The first-order valence-corrected chi connectivity index (χ1v) is 10.2. The van der Waals surface area contributed by atoms with Crippen LogP contribution in [-0.2, 0) is 9.59 Å². The minimum absolute atomic E-state index is 0.0370. The second-order valence-corrected chi connectivity index (χ2v) is 7.80. The van der Waals surface area contributed by atoms with Gasteiger partial charge in [0.15, 0.2) is 23.0 Å². The Labute approximate surface area is 185 Å². The number of halogens is 2. The van der Waals surface area contributed by atoms with E-state index in [1.807, 2.05) is 13.8 Å². The van der Waals surface area contributed by atoms with E-state index < -0.39 is 35.1 Å². The van der Waals surface area contributed by atoms with Gasteiger partial charge in [0.25, 0.3) is 5.91 Å². The first-order valence-electron chi connectivity index (χ1n) is 10.2.